The summed E-state index contributed by atoms with van der Waals surface area (Å²) in [5.41, 5.74) is 1.93. The molecular weight excluding hydrogens is 320 g/mol. The minimum atomic E-state index is -0.196. The maximum absolute atomic E-state index is 12.1. The molecule has 0 unspecified atom stereocenters. The molecule has 0 aliphatic rings. The first-order valence-electron chi connectivity index (χ1n) is 7.87. The fourth-order valence-electron chi connectivity index (χ4n) is 2.28. The number of rotatable bonds is 6. The molecule has 0 atom stereocenters. The van der Waals surface area contributed by atoms with Crippen molar-refractivity contribution in [1.29, 1.82) is 0 Å². The van der Waals surface area contributed by atoms with Gasteiger partial charge in [-0.1, -0.05) is 18.2 Å². The van der Waals surface area contributed by atoms with E-state index in [0.717, 1.165) is 5.56 Å². The maximum Gasteiger partial charge on any atom is 0.259 e. The van der Waals surface area contributed by atoms with Gasteiger partial charge in [0.15, 0.2) is 11.6 Å². The van der Waals surface area contributed by atoms with Crippen LogP contribution in [-0.4, -0.2) is 37.4 Å². The molecule has 3 aromatic rings. The van der Waals surface area contributed by atoms with Gasteiger partial charge in [-0.2, -0.15) is 10.1 Å². The van der Waals surface area contributed by atoms with Crippen molar-refractivity contribution in [2.24, 2.45) is 0 Å². The molecule has 0 radical (unpaired) electrons. The molecule has 1 amide bonds. The molecule has 3 rings (SSSR count). The van der Waals surface area contributed by atoms with Gasteiger partial charge in [-0.3, -0.25) is 4.79 Å². The van der Waals surface area contributed by atoms with Gasteiger partial charge in [0.25, 0.3) is 11.8 Å². The normalized spacial score (nSPS) is 10.6. The van der Waals surface area contributed by atoms with Crippen LogP contribution in [0.2, 0.25) is 0 Å². The van der Waals surface area contributed by atoms with Crippen LogP contribution in [0.4, 0.5) is 0 Å². The van der Waals surface area contributed by atoms with Gasteiger partial charge in [0.05, 0.1) is 23.0 Å². The van der Waals surface area contributed by atoms with Crippen molar-refractivity contribution in [3.8, 4) is 17.3 Å². The molecule has 128 valence electrons. The van der Waals surface area contributed by atoms with Crippen molar-refractivity contribution >= 4 is 5.91 Å². The summed E-state index contributed by atoms with van der Waals surface area (Å²) in [7, 11) is 0. The maximum atomic E-state index is 12.1. The van der Waals surface area contributed by atoms with Crippen LogP contribution in [0.15, 0.2) is 41.7 Å². The summed E-state index contributed by atoms with van der Waals surface area (Å²) in [4.78, 5) is 20.7. The average Bonchev–Trinajstić information content (AvgIpc) is 3.26. The van der Waals surface area contributed by atoms with Gasteiger partial charge in [-0.05, 0) is 19.1 Å². The highest BCUT2D eigenvalue weighted by atomic mass is 16.5. The summed E-state index contributed by atoms with van der Waals surface area (Å²) in [5.74, 6) is 1.48. The third-order valence-electron chi connectivity index (χ3n) is 3.66. The Morgan fingerprint density at radius 1 is 1.40 bits per heavy atom. The second-order valence-corrected chi connectivity index (χ2v) is 5.33. The third-order valence-corrected chi connectivity index (χ3v) is 3.66. The molecule has 0 saturated carbocycles. The molecule has 3 heterocycles. The standard InChI is InChI=1S/C17H18N6O2/c1-4-8-18-16(24)13-10-20-23(11(13)3)15-7-6-12(9-19-15)17-21-14(5-2)22-25-17/h4,6-7,9-10H,1,5,8H2,2-3H3,(H,18,24). The molecule has 1 N–H and O–H groups in total. The topological polar surface area (TPSA) is 98.7 Å². The van der Waals surface area contributed by atoms with Crippen molar-refractivity contribution in [3.63, 3.8) is 0 Å². The number of carbonyl (C=O) groups is 1. The van der Waals surface area contributed by atoms with E-state index in [-0.39, 0.29) is 5.91 Å². The summed E-state index contributed by atoms with van der Waals surface area (Å²) in [6.45, 7) is 7.76. The first kappa shape index (κ1) is 16.6. The molecule has 0 aliphatic heterocycles. The molecule has 25 heavy (non-hydrogen) atoms. The van der Waals surface area contributed by atoms with Gasteiger partial charge in [0.2, 0.25) is 0 Å². The smallest absolute Gasteiger partial charge is 0.259 e. The Kier molecular flexibility index (Phi) is 4.69. The van der Waals surface area contributed by atoms with Crippen molar-refractivity contribution in [1.82, 2.24) is 30.2 Å². The molecule has 0 aromatic carbocycles. The van der Waals surface area contributed by atoms with Crippen LogP contribution in [0.5, 0.6) is 0 Å². The lowest BCUT2D eigenvalue weighted by molar-refractivity contribution is 0.0957. The predicted octanol–water partition coefficient (Wildman–Crippen LogP) is 2.10. The molecule has 3 aromatic heterocycles. The molecule has 0 spiro atoms. The van der Waals surface area contributed by atoms with Gasteiger partial charge in [-0.15, -0.1) is 6.58 Å². The van der Waals surface area contributed by atoms with E-state index in [0.29, 0.717) is 41.8 Å². The number of amides is 1. The van der Waals surface area contributed by atoms with Crippen LogP contribution in [0.1, 0.15) is 28.8 Å². The third kappa shape index (κ3) is 3.32. The lowest BCUT2D eigenvalue weighted by Gasteiger charge is -2.05. The highest BCUT2D eigenvalue weighted by Crippen LogP contribution is 2.19. The Balaban J connectivity index is 1.84. The number of hydrogen-bond donors (Lipinski definition) is 1. The number of aromatic nitrogens is 5. The number of hydrogen-bond acceptors (Lipinski definition) is 6. The largest absolute Gasteiger partial charge is 0.348 e. The summed E-state index contributed by atoms with van der Waals surface area (Å²) < 4.78 is 6.81. The van der Waals surface area contributed by atoms with E-state index in [4.69, 9.17) is 4.52 Å². The van der Waals surface area contributed by atoms with Gasteiger partial charge < -0.3 is 9.84 Å². The lowest BCUT2D eigenvalue weighted by atomic mass is 10.2. The van der Waals surface area contributed by atoms with E-state index < -0.39 is 0 Å². The van der Waals surface area contributed by atoms with Gasteiger partial charge >= 0.3 is 0 Å². The second kappa shape index (κ2) is 7.08. The summed E-state index contributed by atoms with van der Waals surface area (Å²) in [6.07, 6.45) is 5.49. The lowest BCUT2D eigenvalue weighted by Crippen LogP contribution is -2.23. The van der Waals surface area contributed by atoms with E-state index in [1.807, 2.05) is 19.9 Å². The average molecular weight is 338 g/mol. The Hall–Kier alpha value is -3.29. The molecular formula is C17H18N6O2. The Morgan fingerprint density at radius 3 is 2.88 bits per heavy atom. The van der Waals surface area contributed by atoms with E-state index in [1.165, 1.54) is 6.20 Å². The number of aryl methyl sites for hydroxylation is 1. The molecule has 8 nitrogen and oxygen atoms in total. The van der Waals surface area contributed by atoms with E-state index >= 15 is 0 Å². The van der Waals surface area contributed by atoms with Gasteiger partial charge in [0, 0.05) is 19.2 Å². The number of nitrogens with one attached hydrogen (secondary N) is 1. The van der Waals surface area contributed by atoms with Crippen LogP contribution in [-0.2, 0) is 6.42 Å². The fourth-order valence-corrected chi connectivity index (χ4v) is 2.28. The Labute approximate surface area is 144 Å². The summed E-state index contributed by atoms with van der Waals surface area (Å²) >= 11 is 0. The molecule has 0 aliphatic carbocycles. The zero-order valence-corrected chi connectivity index (χ0v) is 14.1. The quantitative estimate of drug-likeness (QED) is 0.691. The fraction of sp³-hybridized carbons (Fsp3) is 0.235. The van der Waals surface area contributed by atoms with Gasteiger partial charge in [-0.25, -0.2) is 9.67 Å². The van der Waals surface area contributed by atoms with Crippen LogP contribution in [0.3, 0.4) is 0 Å². The van der Waals surface area contributed by atoms with Crippen LogP contribution in [0.25, 0.3) is 17.3 Å². The van der Waals surface area contributed by atoms with Crippen molar-refractivity contribution in [2.75, 3.05) is 6.54 Å². The van der Waals surface area contributed by atoms with Gasteiger partial charge in [0.1, 0.15) is 0 Å². The molecule has 8 heteroatoms. The second-order valence-electron chi connectivity index (χ2n) is 5.33. The van der Waals surface area contributed by atoms with Crippen LogP contribution in [0, 0.1) is 6.92 Å². The van der Waals surface area contributed by atoms with Crippen molar-refractivity contribution < 1.29 is 9.32 Å². The zero-order valence-electron chi connectivity index (χ0n) is 14.1. The first-order chi connectivity index (χ1) is 12.1. The van der Waals surface area contributed by atoms with Crippen molar-refractivity contribution in [2.45, 2.75) is 20.3 Å². The number of nitrogens with zero attached hydrogens (tertiary/aromatic N) is 5. The SMILES string of the molecule is C=CCNC(=O)c1cnn(-c2ccc(-c3nc(CC)no3)cn2)c1C. The Bertz CT molecular complexity index is 894. The number of carbonyl (C=O) groups excluding carboxylic acids is 1. The van der Waals surface area contributed by atoms with Crippen molar-refractivity contribution in [3.05, 3.63) is 54.3 Å². The van der Waals surface area contributed by atoms with E-state index in [2.05, 4.69) is 32.1 Å². The predicted molar refractivity (Wildman–Crippen MR) is 91.3 cm³/mol. The highest BCUT2D eigenvalue weighted by Gasteiger charge is 2.15. The minimum absolute atomic E-state index is 0.196. The molecule has 0 bridgehead atoms. The van der Waals surface area contributed by atoms with Crippen LogP contribution >= 0.6 is 0 Å². The molecule has 0 saturated heterocycles. The Morgan fingerprint density at radius 2 is 2.24 bits per heavy atom. The van der Waals surface area contributed by atoms with E-state index in [9.17, 15) is 4.79 Å². The monoisotopic (exact) mass is 338 g/mol. The summed E-state index contributed by atoms with van der Waals surface area (Å²) in [6, 6.07) is 3.62. The molecule has 0 fully saturated rings. The zero-order chi connectivity index (χ0) is 17.8. The highest BCUT2D eigenvalue weighted by molar-refractivity contribution is 5.95. The van der Waals surface area contributed by atoms with E-state index in [1.54, 1.807) is 23.0 Å². The number of pyridine rings is 1. The minimum Gasteiger partial charge on any atom is -0.348 e. The first-order valence-corrected chi connectivity index (χ1v) is 7.87. The summed E-state index contributed by atoms with van der Waals surface area (Å²) in [5, 5.41) is 10.9. The van der Waals surface area contributed by atoms with Crippen LogP contribution < -0.4 is 5.32 Å².